The van der Waals surface area contributed by atoms with E-state index in [0.29, 0.717) is 21.7 Å². The Hall–Kier alpha value is -4.88. The Morgan fingerprint density at radius 3 is 0.839 bits per heavy atom. The third kappa shape index (κ3) is 5.92. The molecule has 0 N–H and O–H groups in total. The Morgan fingerprint density at radius 1 is 0.274 bits per heavy atom. The summed E-state index contributed by atoms with van der Waals surface area (Å²) in [5.41, 5.74) is 6.26. The van der Waals surface area contributed by atoms with Crippen LogP contribution in [0.1, 0.15) is 138 Å². The third-order valence-electron chi connectivity index (χ3n) is 19.4. The number of hydrogen-bond acceptors (Lipinski definition) is 0. The van der Waals surface area contributed by atoms with Gasteiger partial charge in [0.05, 0.1) is 0 Å². The van der Waals surface area contributed by atoms with Crippen molar-refractivity contribution in [2.45, 2.75) is 116 Å². The van der Waals surface area contributed by atoms with Crippen LogP contribution in [0, 0.1) is 114 Å². The SMILES string of the molecule is C(#CC12CC3CC(C#Cc4ccccc4)(C1)CC(C14CC5CC(C1)CC(C16CC7CC(C#Cc8ccccc8)(CC(C#Cc8ccccc8)(C7)C1)C6)(C5)C4)(C3)C2)c1ccccc1. The van der Waals surface area contributed by atoms with Gasteiger partial charge in [-0.2, -0.15) is 0 Å². The van der Waals surface area contributed by atoms with Crippen LogP contribution in [0.3, 0.4) is 0 Å². The Labute approximate surface area is 371 Å². The molecule has 4 aromatic rings. The van der Waals surface area contributed by atoms with E-state index in [1.165, 1.54) is 125 Å². The first-order chi connectivity index (χ1) is 30.2. The fraction of sp³-hybridized carbons (Fsp3) is 0.484. The van der Waals surface area contributed by atoms with Gasteiger partial charge < -0.3 is 0 Å². The molecule has 16 rings (SSSR count). The van der Waals surface area contributed by atoms with Crippen molar-refractivity contribution in [3.05, 3.63) is 144 Å². The van der Waals surface area contributed by atoms with Crippen LogP contribution in [-0.2, 0) is 0 Å². The van der Waals surface area contributed by atoms with Crippen LogP contribution in [0.4, 0.5) is 0 Å². The van der Waals surface area contributed by atoms with Gasteiger partial charge in [-0.15, -0.1) is 0 Å². The molecule has 62 heavy (non-hydrogen) atoms. The first-order valence-corrected chi connectivity index (χ1v) is 24.5. The zero-order valence-corrected chi connectivity index (χ0v) is 36.6. The van der Waals surface area contributed by atoms with Crippen molar-refractivity contribution in [1.29, 1.82) is 0 Å². The van der Waals surface area contributed by atoms with Gasteiger partial charge in [-0.3, -0.25) is 0 Å². The fourth-order valence-corrected chi connectivity index (χ4v) is 19.0. The van der Waals surface area contributed by atoms with Crippen molar-refractivity contribution in [3.8, 4) is 47.4 Å². The molecule has 12 fully saturated rings. The summed E-state index contributed by atoms with van der Waals surface area (Å²) in [6, 6.07) is 43.5. The van der Waals surface area contributed by atoms with Gasteiger partial charge in [-0.25, -0.2) is 0 Å². The van der Waals surface area contributed by atoms with Crippen LogP contribution in [0.25, 0.3) is 0 Å². The van der Waals surface area contributed by atoms with Crippen LogP contribution in [-0.4, -0.2) is 0 Å². The first kappa shape index (κ1) is 37.7. The van der Waals surface area contributed by atoms with E-state index in [0.717, 1.165) is 36.5 Å². The van der Waals surface area contributed by atoms with Crippen molar-refractivity contribution >= 4 is 0 Å². The maximum Gasteiger partial charge on any atom is 0.0341 e. The molecule has 12 aliphatic carbocycles. The molecule has 4 atom stereocenters. The number of hydrogen-bond donors (Lipinski definition) is 0. The van der Waals surface area contributed by atoms with E-state index in [2.05, 4.69) is 169 Å². The first-order valence-electron chi connectivity index (χ1n) is 24.5. The average Bonchev–Trinajstić information content (AvgIpc) is 3.27. The quantitative estimate of drug-likeness (QED) is 0.177. The van der Waals surface area contributed by atoms with E-state index in [4.69, 9.17) is 0 Å². The molecule has 0 heteroatoms. The molecular formula is C62H60. The lowest BCUT2D eigenvalue weighted by Gasteiger charge is -2.79. The fourth-order valence-electron chi connectivity index (χ4n) is 19.0. The Morgan fingerprint density at radius 2 is 0.548 bits per heavy atom. The van der Waals surface area contributed by atoms with Gasteiger partial charge in [0.15, 0.2) is 0 Å². The molecule has 0 aliphatic heterocycles. The molecule has 12 bridgehead atoms. The predicted molar refractivity (Wildman–Crippen MR) is 250 cm³/mol. The van der Waals surface area contributed by atoms with E-state index >= 15 is 0 Å². The maximum absolute atomic E-state index is 4.16. The standard InChI is InChI=1S/C62H60/c1-5-13-47(14-6-1)21-25-55-30-53-31-56(40-55,26-22-48-15-7-2-8-16-48)43-61(38-53,42-55)59-34-51-29-52(35-59)37-60(36-51,46-59)62-39-54-32-57(44-62,27-23-49-17-9-3-10-18-49)41-58(33-54,45-62)28-24-50-19-11-4-12-20-50/h1-20,51-54H,29-46H2. The largest absolute Gasteiger partial charge is 0.0910 e. The monoisotopic (exact) mass is 804 g/mol. The molecule has 12 aliphatic rings. The van der Waals surface area contributed by atoms with E-state index in [9.17, 15) is 0 Å². The lowest BCUT2D eigenvalue weighted by molar-refractivity contribution is -0.284. The van der Waals surface area contributed by atoms with Crippen LogP contribution < -0.4 is 0 Å². The predicted octanol–water partition coefficient (Wildman–Crippen LogP) is 13.7. The molecule has 308 valence electrons. The summed E-state index contributed by atoms with van der Waals surface area (Å²) in [7, 11) is 0. The highest BCUT2D eigenvalue weighted by Gasteiger charge is 2.76. The van der Waals surface area contributed by atoms with Gasteiger partial charge in [-0.05, 0) is 209 Å². The van der Waals surface area contributed by atoms with Crippen molar-refractivity contribution < 1.29 is 0 Å². The second-order valence-electron chi connectivity index (χ2n) is 23.7. The summed E-state index contributed by atoms with van der Waals surface area (Å²) >= 11 is 0. The molecule has 12 saturated carbocycles. The summed E-state index contributed by atoms with van der Waals surface area (Å²) in [5.74, 6) is 35.0. The average molecular weight is 805 g/mol. The van der Waals surface area contributed by atoms with Gasteiger partial charge in [0.1, 0.15) is 0 Å². The molecule has 0 spiro atoms. The highest BCUT2D eigenvalue weighted by atomic mass is 14.8. The topological polar surface area (TPSA) is 0 Å². The highest BCUT2D eigenvalue weighted by molar-refractivity contribution is 5.44. The summed E-state index contributed by atoms with van der Waals surface area (Å²) in [6.07, 6.45) is 24.2. The maximum atomic E-state index is 4.16. The molecule has 0 radical (unpaired) electrons. The molecule has 0 nitrogen and oxygen atoms in total. The second-order valence-corrected chi connectivity index (χ2v) is 23.7. The van der Waals surface area contributed by atoms with E-state index in [1.54, 1.807) is 0 Å². The number of rotatable bonds is 2. The van der Waals surface area contributed by atoms with Crippen molar-refractivity contribution in [1.82, 2.24) is 0 Å². The molecule has 0 heterocycles. The zero-order valence-electron chi connectivity index (χ0n) is 36.6. The Balaban J connectivity index is 0.931. The van der Waals surface area contributed by atoms with Gasteiger partial charge in [-0.1, -0.05) is 120 Å². The normalized spacial score (nSPS) is 43.0. The van der Waals surface area contributed by atoms with Crippen LogP contribution in [0.15, 0.2) is 121 Å². The summed E-state index contributed by atoms with van der Waals surface area (Å²) in [6.45, 7) is 0. The van der Waals surface area contributed by atoms with Crippen molar-refractivity contribution in [3.63, 3.8) is 0 Å². The van der Waals surface area contributed by atoms with Gasteiger partial charge >= 0.3 is 0 Å². The molecule has 0 aromatic heterocycles. The van der Waals surface area contributed by atoms with Gasteiger partial charge in [0, 0.05) is 43.9 Å². The summed E-state index contributed by atoms with van der Waals surface area (Å²) in [5, 5.41) is 0. The summed E-state index contributed by atoms with van der Waals surface area (Å²) < 4.78 is 0. The van der Waals surface area contributed by atoms with Crippen LogP contribution in [0.2, 0.25) is 0 Å². The molecule has 4 unspecified atom stereocenters. The van der Waals surface area contributed by atoms with E-state index in [1.807, 2.05) is 0 Å². The minimum absolute atomic E-state index is 0.0476. The zero-order chi connectivity index (χ0) is 41.1. The molecule has 0 saturated heterocycles. The molecule has 0 amide bonds. The van der Waals surface area contributed by atoms with Crippen molar-refractivity contribution in [2.24, 2.45) is 67.0 Å². The van der Waals surface area contributed by atoms with E-state index in [-0.39, 0.29) is 21.7 Å². The Bertz CT molecular complexity index is 2330. The number of benzene rings is 4. The molecular weight excluding hydrogens is 745 g/mol. The lowest BCUT2D eigenvalue weighted by atomic mass is 9.25. The molecule has 4 aromatic carbocycles. The van der Waals surface area contributed by atoms with Gasteiger partial charge in [0.2, 0.25) is 0 Å². The van der Waals surface area contributed by atoms with Crippen molar-refractivity contribution in [2.75, 3.05) is 0 Å². The Kier molecular flexibility index (Phi) is 8.09. The second kappa shape index (κ2) is 13.3. The smallest absolute Gasteiger partial charge is 0.0341 e. The lowest BCUT2D eigenvalue weighted by Crippen LogP contribution is -2.70. The third-order valence-corrected chi connectivity index (χ3v) is 19.4. The van der Waals surface area contributed by atoms with Crippen LogP contribution in [0.5, 0.6) is 0 Å². The van der Waals surface area contributed by atoms with Gasteiger partial charge in [0.25, 0.3) is 0 Å². The highest BCUT2D eigenvalue weighted by Crippen LogP contribution is 2.85. The summed E-state index contributed by atoms with van der Waals surface area (Å²) in [4.78, 5) is 0. The van der Waals surface area contributed by atoms with E-state index < -0.39 is 0 Å². The minimum Gasteiger partial charge on any atom is -0.0910 e. The van der Waals surface area contributed by atoms with Crippen LogP contribution >= 0.6 is 0 Å². The minimum atomic E-state index is 0.0476.